The summed E-state index contributed by atoms with van der Waals surface area (Å²) in [5.74, 6) is -2.46. The Bertz CT molecular complexity index is 1160. The van der Waals surface area contributed by atoms with Gasteiger partial charge in [0.1, 0.15) is 12.8 Å². The second-order valence-corrected chi connectivity index (χ2v) is 14.9. The quantitative estimate of drug-likeness (QED) is 0.373. The molecular weight excluding hydrogens is 534 g/mol. The van der Waals surface area contributed by atoms with Gasteiger partial charge in [-0.05, 0) is 63.0 Å². The Balaban J connectivity index is 1.61. The molecule has 0 amide bonds. The Labute approximate surface area is 221 Å². The molecule has 4 fully saturated rings. The van der Waals surface area contributed by atoms with Gasteiger partial charge in [0, 0.05) is 17.3 Å². The van der Waals surface area contributed by atoms with Gasteiger partial charge < -0.3 is 9.47 Å². The third-order valence-electron chi connectivity index (χ3n) is 9.79. The monoisotopic (exact) mass is 566 g/mol. The molecule has 0 N–H and O–H groups in total. The molecule has 1 saturated heterocycles. The van der Waals surface area contributed by atoms with Gasteiger partial charge in [0.2, 0.25) is 0 Å². The van der Waals surface area contributed by atoms with E-state index in [2.05, 4.69) is 0 Å². The van der Waals surface area contributed by atoms with E-state index < -0.39 is 73.2 Å². The van der Waals surface area contributed by atoms with Crippen LogP contribution >= 0.6 is 23.2 Å². The van der Waals surface area contributed by atoms with Crippen molar-refractivity contribution in [1.29, 1.82) is 0 Å². The van der Waals surface area contributed by atoms with Gasteiger partial charge in [0.05, 0.1) is 22.6 Å². The van der Waals surface area contributed by atoms with Crippen LogP contribution in [-0.2, 0) is 33.4 Å². The Morgan fingerprint density at radius 3 is 2.53 bits per heavy atom. The lowest BCUT2D eigenvalue weighted by atomic mass is 9.45. The maximum Gasteiger partial charge on any atom is 0.264 e. The first-order valence-corrected chi connectivity index (χ1v) is 15.0. The Hall–Kier alpha value is -0.580. The van der Waals surface area contributed by atoms with Gasteiger partial charge in [0.15, 0.2) is 23.0 Å². The van der Waals surface area contributed by atoms with Gasteiger partial charge in [0.25, 0.3) is 10.1 Å². The molecule has 9 atom stereocenters. The summed E-state index contributed by atoms with van der Waals surface area (Å²) in [6.45, 7) is 6.52. The minimum atomic E-state index is -3.88. The largest absolute Gasteiger partial charge is 0.344 e. The molecular formula is C25H33Cl2FO7S. The van der Waals surface area contributed by atoms with Gasteiger partial charge in [-0.2, -0.15) is 8.42 Å². The summed E-state index contributed by atoms with van der Waals surface area (Å²) in [5, 5.41) is -0.675. The van der Waals surface area contributed by atoms with E-state index in [1.807, 2.05) is 13.8 Å². The van der Waals surface area contributed by atoms with Crippen molar-refractivity contribution in [2.45, 2.75) is 93.7 Å². The number of allylic oxidation sites excluding steroid dienone is 1. The predicted molar refractivity (Wildman–Crippen MR) is 131 cm³/mol. The van der Waals surface area contributed by atoms with Crippen molar-refractivity contribution in [3.05, 3.63) is 11.6 Å². The van der Waals surface area contributed by atoms with Crippen molar-refractivity contribution in [3.8, 4) is 0 Å². The summed E-state index contributed by atoms with van der Waals surface area (Å²) in [5.41, 5.74) is -2.85. The number of ketones is 2. The molecule has 5 aliphatic rings. The van der Waals surface area contributed by atoms with Crippen LogP contribution in [0.4, 0.5) is 4.39 Å². The van der Waals surface area contributed by atoms with E-state index in [-0.39, 0.29) is 31.0 Å². The first-order chi connectivity index (χ1) is 16.4. The summed E-state index contributed by atoms with van der Waals surface area (Å²) >= 11 is 14.7. The van der Waals surface area contributed by atoms with Crippen molar-refractivity contribution in [3.63, 3.8) is 0 Å². The molecule has 1 heterocycles. The molecule has 0 unspecified atom stereocenters. The molecule has 0 spiro atoms. The highest BCUT2D eigenvalue weighted by atomic mass is 35.5. The predicted octanol–water partition coefficient (Wildman–Crippen LogP) is 4.09. The van der Waals surface area contributed by atoms with Crippen LogP contribution in [0.3, 0.4) is 0 Å². The number of alkyl halides is 3. The van der Waals surface area contributed by atoms with E-state index in [1.165, 1.54) is 6.08 Å². The van der Waals surface area contributed by atoms with Crippen LogP contribution in [0.15, 0.2) is 11.6 Å². The molecule has 7 nitrogen and oxygen atoms in total. The number of carbonyl (C=O) groups excluding carboxylic acids is 2. The molecule has 1 aliphatic heterocycles. The minimum Gasteiger partial charge on any atom is -0.344 e. The number of carbonyl (C=O) groups is 2. The molecule has 0 radical (unpaired) electrons. The highest BCUT2D eigenvalue weighted by Gasteiger charge is 2.80. The van der Waals surface area contributed by atoms with E-state index in [0.29, 0.717) is 18.4 Å². The van der Waals surface area contributed by atoms with E-state index in [9.17, 15) is 18.0 Å². The maximum atomic E-state index is 15.8. The zero-order valence-electron chi connectivity index (χ0n) is 21.1. The van der Waals surface area contributed by atoms with E-state index in [1.54, 1.807) is 13.8 Å². The van der Waals surface area contributed by atoms with E-state index >= 15 is 4.39 Å². The fraction of sp³-hybridized carbons (Fsp3) is 0.840. The van der Waals surface area contributed by atoms with Gasteiger partial charge in [-0.25, -0.2) is 4.39 Å². The Morgan fingerprint density at radius 2 is 1.89 bits per heavy atom. The van der Waals surface area contributed by atoms with E-state index in [0.717, 1.165) is 6.26 Å². The average Bonchev–Trinajstić information content (AvgIpc) is 3.16. The lowest BCUT2D eigenvalue weighted by Gasteiger charge is -2.65. The normalized spacial score (nSPS) is 49.5. The van der Waals surface area contributed by atoms with Crippen molar-refractivity contribution in [2.75, 3.05) is 12.9 Å². The first kappa shape index (κ1) is 27.0. The molecule has 4 aliphatic carbocycles. The number of hydrogen-bond donors (Lipinski definition) is 0. The summed E-state index contributed by atoms with van der Waals surface area (Å²) in [6.07, 6.45) is 1.64. The van der Waals surface area contributed by atoms with Crippen molar-refractivity contribution in [2.24, 2.45) is 22.7 Å². The van der Waals surface area contributed by atoms with Crippen LogP contribution in [0.25, 0.3) is 0 Å². The topological polar surface area (TPSA) is 96.0 Å². The molecule has 11 heteroatoms. The fourth-order valence-electron chi connectivity index (χ4n) is 8.36. The third kappa shape index (κ3) is 3.41. The maximum absolute atomic E-state index is 15.8. The highest BCUT2D eigenvalue weighted by Crippen LogP contribution is 2.74. The van der Waals surface area contributed by atoms with Gasteiger partial charge >= 0.3 is 0 Å². The Kier molecular flexibility index (Phi) is 5.98. The lowest BCUT2D eigenvalue weighted by Crippen LogP contribution is -2.70. The molecule has 0 bridgehead atoms. The van der Waals surface area contributed by atoms with Gasteiger partial charge in [-0.1, -0.05) is 13.8 Å². The number of ether oxygens (including phenoxy) is 2. The number of Topliss-reactive ketones (excluding diaryl/α,β-unsaturated/α-hetero) is 1. The highest BCUT2D eigenvalue weighted by molar-refractivity contribution is 7.86. The molecule has 0 aromatic carbocycles. The fourth-order valence-corrected chi connectivity index (χ4v) is 9.93. The van der Waals surface area contributed by atoms with Crippen LogP contribution in [0, 0.1) is 22.7 Å². The van der Waals surface area contributed by atoms with Crippen molar-refractivity contribution in [1.82, 2.24) is 0 Å². The minimum absolute atomic E-state index is 0.0713. The smallest absolute Gasteiger partial charge is 0.264 e. The molecule has 0 aromatic heterocycles. The number of halogens is 3. The Morgan fingerprint density at radius 1 is 1.22 bits per heavy atom. The van der Waals surface area contributed by atoms with Gasteiger partial charge in [-0.3, -0.25) is 13.8 Å². The molecule has 0 aromatic rings. The van der Waals surface area contributed by atoms with Crippen LogP contribution in [0.2, 0.25) is 0 Å². The molecule has 36 heavy (non-hydrogen) atoms. The van der Waals surface area contributed by atoms with Crippen LogP contribution in [0.5, 0.6) is 0 Å². The number of fused-ring (bicyclic) bond motifs is 7. The van der Waals surface area contributed by atoms with E-state index in [4.69, 9.17) is 36.9 Å². The summed E-state index contributed by atoms with van der Waals surface area (Å²) < 4.78 is 56.7. The van der Waals surface area contributed by atoms with Crippen molar-refractivity contribution >= 4 is 44.9 Å². The van der Waals surface area contributed by atoms with Crippen LogP contribution in [0.1, 0.15) is 59.8 Å². The molecule has 202 valence electrons. The summed E-state index contributed by atoms with van der Waals surface area (Å²) in [7, 11) is -3.88. The number of hydrogen-bond acceptors (Lipinski definition) is 7. The zero-order valence-corrected chi connectivity index (χ0v) is 23.4. The summed E-state index contributed by atoms with van der Waals surface area (Å²) in [4.78, 5) is 24.9. The standard InChI is InChI=1S/C25H33Cl2FO7S/c1-21(2)34-20-10-14-15-9-17(28)16-8-13(29)6-7-22(16,3)24(15,27)18(26)11-23(14,4)25(20,35-21)19(30)12-33-36(5,31)32/h8,14-15,17-18,20H,6-7,9-12H2,1-5H3/t14-,15-,17-,18-,20+,22-,23-,24-,25+/m0/s1. The van der Waals surface area contributed by atoms with Crippen LogP contribution in [-0.4, -0.2) is 66.8 Å². The van der Waals surface area contributed by atoms with Crippen LogP contribution < -0.4 is 0 Å². The second-order valence-electron chi connectivity index (χ2n) is 12.1. The second kappa shape index (κ2) is 7.98. The van der Waals surface area contributed by atoms with Gasteiger partial charge in [-0.15, -0.1) is 23.2 Å². The number of rotatable bonds is 4. The average molecular weight is 568 g/mol. The van der Waals surface area contributed by atoms with Crippen molar-refractivity contribution < 1.29 is 36.1 Å². The third-order valence-corrected chi connectivity index (χ3v) is 11.9. The first-order valence-electron chi connectivity index (χ1n) is 12.4. The SMILES string of the molecule is CC1(C)O[C@@H]2C[C@H]3[C@@H]4C[C@H](F)C5=CC(=O)CC[C@]5(C)[C@@]4(Cl)[C@@H](Cl)C[C@]3(C)[C@]2(C(=O)COS(C)(=O)=O)O1. The molecule has 5 rings (SSSR count). The summed E-state index contributed by atoms with van der Waals surface area (Å²) in [6, 6.07) is 0. The zero-order chi connectivity index (χ0) is 26.7. The molecule has 3 saturated carbocycles. The lowest BCUT2D eigenvalue weighted by molar-refractivity contribution is -0.214.